The zero-order valence-corrected chi connectivity index (χ0v) is 14.7. The molecule has 1 atom stereocenters. The Kier molecular flexibility index (Phi) is 6.74. The second kappa shape index (κ2) is 9.01. The van der Waals surface area contributed by atoms with Crippen LogP contribution in [0.2, 0.25) is 0 Å². The highest BCUT2D eigenvalue weighted by Crippen LogP contribution is 2.18. The molecule has 0 spiro atoms. The first-order valence-corrected chi connectivity index (χ1v) is 8.45. The van der Waals surface area contributed by atoms with Crippen LogP contribution in [0, 0.1) is 5.92 Å². The molecule has 6 heteroatoms. The summed E-state index contributed by atoms with van der Waals surface area (Å²) < 4.78 is 5.08. The van der Waals surface area contributed by atoms with Crippen LogP contribution in [0.15, 0.2) is 30.3 Å². The number of nitrogens with one attached hydrogen (secondary N) is 1. The largest absolute Gasteiger partial charge is 0.497 e. The van der Waals surface area contributed by atoms with Crippen molar-refractivity contribution >= 4 is 23.8 Å². The molecule has 3 amide bonds. The second-order valence-corrected chi connectivity index (χ2v) is 6.09. The van der Waals surface area contributed by atoms with Crippen LogP contribution < -0.4 is 10.1 Å². The van der Waals surface area contributed by atoms with E-state index in [-0.39, 0.29) is 23.6 Å². The van der Waals surface area contributed by atoms with E-state index in [1.54, 1.807) is 20.1 Å². The number of nitrogens with zero attached hydrogens (tertiary/aromatic N) is 1. The highest BCUT2D eigenvalue weighted by atomic mass is 16.5. The van der Waals surface area contributed by atoms with Crippen LogP contribution in [0.3, 0.4) is 0 Å². The van der Waals surface area contributed by atoms with Crippen molar-refractivity contribution in [2.24, 2.45) is 5.92 Å². The number of hydrogen-bond donors (Lipinski definition) is 1. The van der Waals surface area contributed by atoms with Crippen LogP contribution in [0.1, 0.15) is 31.7 Å². The van der Waals surface area contributed by atoms with E-state index >= 15 is 0 Å². The van der Waals surface area contributed by atoms with Crippen LogP contribution in [-0.2, 0) is 14.4 Å². The van der Waals surface area contributed by atoms with Gasteiger partial charge in [0.25, 0.3) is 0 Å². The topological polar surface area (TPSA) is 75.7 Å². The lowest BCUT2D eigenvalue weighted by Crippen LogP contribution is -2.32. The predicted octanol–water partition coefficient (Wildman–Crippen LogP) is 2.00. The Bertz CT molecular complexity index is 652. The number of hydrogen-bond acceptors (Lipinski definition) is 4. The van der Waals surface area contributed by atoms with Gasteiger partial charge in [0.15, 0.2) is 0 Å². The van der Waals surface area contributed by atoms with Gasteiger partial charge in [-0.25, -0.2) is 0 Å². The minimum Gasteiger partial charge on any atom is -0.497 e. The number of benzene rings is 1. The number of amides is 3. The Hall–Kier alpha value is -2.63. The van der Waals surface area contributed by atoms with Crippen LogP contribution in [0.5, 0.6) is 5.75 Å². The molecule has 1 aromatic carbocycles. The van der Waals surface area contributed by atoms with Gasteiger partial charge in [-0.1, -0.05) is 19.1 Å². The zero-order chi connectivity index (χ0) is 18.2. The molecule has 0 aromatic heterocycles. The summed E-state index contributed by atoms with van der Waals surface area (Å²) in [5.41, 5.74) is 0.913. The molecular formula is C19H24N2O4. The van der Waals surface area contributed by atoms with Gasteiger partial charge in [0.05, 0.1) is 7.11 Å². The number of carbonyl (C=O) groups excluding carboxylic acids is 3. The van der Waals surface area contributed by atoms with E-state index in [0.29, 0.717) is 32.4 Å². The van der Waals surface area contributed by atoms with Crippen molar-refractivity contribution < 1.29 is 19.1 Å². The average Bonchev–Trinajstić information content (AvgIpc) is 2.86. The van der Waals surface area contributed by atoms with Gasteiger partial charge in [0, 0.05) is 31.5 Å². The van der Waals surface area contributed by atoms with Gasteiger partial charge in [0.2, 0.25) is 17.7 Å². The number of imide groups is 1. The first kappa shape index (κ1) is 18.7. The molecule has 1 unspecified atom stereocenters. The van der Waals surface area contributed by atoms with E-state index < -0.39 is 0 Å². The van der Waals surface area contributed by atoms with Crippen LogP contribution >= 0.6 is 0 Å². The molecule has 25 heavy (non-hydrogen) atoms. The number of rotatable bonds is 8. The fourth-order valence-corrected chi connectivity index (χ4v) is 2.64. The molecule has 1 saturated heterocycles. The molecule has 0 aliphatic carbocycles. The van der Waals surface area contributed by atoms with Crippen LogP contribution in [0.25, 0.3) is 6.08 Å². The van der Waals surface area contributed by atoms with Crippen molar-refractivity contribution in [2.45, 2.75) is 26.2 Å². The summed E-state index contributed by atoms with van der Waals surface area (Å²) in [4.78, 5) is 36.5. The third-order valence-electron chi connectivity index (χ3n) is 4.12. The minimum absolute atomic E-state index is 0.0866. The normalized spacial score (nSPS) is 17.4. The van der Waals surface area contributed by atoms with Crippen molar-refractivity contribution in [1.82, 2.24) is 10.2 Å². The van der Waals surface area contributed by atoms with Crippen LogP contribution in [0.4, 0.5) is 0 Å². The molecule has 1 heterocycles. The summed E-state index contributed by atoms with van der Waals surface area (Å²) in [6.45, 7) is 2.72. The van der Waals surface area contributed by atoms with Gasteiger partial charge < -0.3 is 10.1 Å². The SMILES string of the molecule is COc1ccc(/C=C/C(=O)NCCCCN2C(=O)CC(C)C2=O)cc1. The highest BCUT2D eigenvalue weighted by molar-refractivity contribution is 6.03. The van der Waals surface area contributed by atoms with E-state index in [9.17, 15) is 14.4 Å². The summed E-state index contributed by atoms with van der Waals surface area (Å²) >= 11 is 0. The summed E-state index contributed by atoms with van der Waals surface area (Å²) in [5, 5.41) is 2.79. The molecule has 1 aliphatic rings. The second-order valence-electron chi connectivity index (χ2n) is 6.09. The average molecular weight is 344 g/mol. The van der Waals surface area contributed by atoms with Gasteiger partial charge in [-0.15, -0.1) is 0 Å². The third kappa shape index (κ3) is 5.45. The maximum atomic E-state index is 11.8. The summed E-state index contributed by atoms with van der Waals surface area (Å²) in [6, 6.07) is 7.40. The molecule has 0 bridgehead atoms. The lowest BCUT2D eigenvalue weighted by atomic mass is 10.1. The van der Waals surface area contributed by atoms with Crippen molar-refractivity contribution in [1.29, 1.82) is 0 Å². The number of carbonyl (C=O) groups is 3. The lowest BCUT2D eigenvalue weighted by Gasteiger charge is -2.13. The van der Waals surface area contributed by atoms with E-state index in [1.165, 1.54) is 11.0 Å². The van der Waals surface area contributed by atoms with Gasteiger partial charge in [-0.05, 0) is 36.6 Å². The van der Waals surface area contributed by atoms with Crippen molar-refractivity contribution in [3.63, 3.8) is 0 Å². The summed E-state index contributed by atoms with van der Waals surface area (Å²) in [6.07, 6.45) is 4.93. The smallest absolute Gasteiger partial charge is 0.243 e. The Labute approximate surface area is 147 Å². The van der Waals surface area contributed by atoms with E-state index in [1.807, 2.05) is 24.3 Å². The maximum absolute atomic E-state index is 11.8. The molecule has 1 aromatic rings. The molecule has 2 rings (SSSR count). The Balaban J connectivity index is 1.64. The first-order valence-electron chi connectivity index (χ1n) is 8.45. The fourth-order valence-electron chi connectivity index (χ4n) is 2.64. The zero-order valence-electron chi connectivity index (χ0n) is 14.7. The monoisotopic (exact) mass is 344 g/mol. The fraction of sp³-hybridized carbons (Fsp3) is 0.421. The molecule has 6 nitrogen and oxygen atoms in total. The minimum atomic E-state index is -0.199. The van der Waals surface area contributed by atoms with Gasteiger partial charge in [-0.3, -0.25) is 19.3 Å². The highest BCUT2D eigenvalue weighted by Gasteiger charge is 2.34. The summed E-state index contributed by atoms with van der Waals surface area (Å²) in [7, 11) is 1.61. The van der Waals surface area contributed by atoms with E-state index in [2.05, 4.69) is 5.32 Å². The summed E-state index contributed by atoms with van der Waals surface area (Å²) in [5.74, 6) is 0.222. The van der Waals surface area contributed by atoms with Crippen LogP contribution in [-0.4, -0.2) is 42.8 Å². The van der Waals surface area contributed by atoms with Gasteiger partial charge in [0.1, 0.15) is 5.75 Å². The quantitative estimate of drug-likeness (QED) is 0.445. The molecule has 1 fully saturated rings. The number of unbranched alkanes of at least 4 members (excludes halogenated alkanes) is 1. The van der Waals surface area contributed by atoms with E-state index in [4.69, 9.17) is 4.74 Å². The third-order valence-corrected chi connectivity index (χ3v) is 4.12. The molecular weight excluding hydrogens is 320 g/mol. The molecule has 1 aliphatic heterocycles. The van der Waals surface area contributed by atoms with Crippen molar-refractivity contribution in [3.05, 3.63) is 35.9 Å². The number of methoxy groups -OCH3 is 1. The van der Waals surface area contributed by atoms with Gasteiger partial charge in [-0.2, -0.15) is 0 Å². The molecule has 1 N–H and O–H groups in total. The van der Waals surface area contributed by atoms with Gasteiger partial charge >= 0.3 is 0 Å². The first-order chi connectivity index (χ1) is 12.0. The van der Waals surface area contributed by atoms with Crippen molar-refractivity contribution in [3.8, 4) is 5.75 Å². The standard InChI is InChI=1S/C19H24N2O4/c1-14-13-18(23)21(19(14)24)12-4-3-11-20-17(22)10-7-15-5-8-16(25-2)9-6-15/h5-10,14H,3-4,11-13H2,1-2H3,(H,20,22)/b10-7+. The maximum Gasteiger partial charge on any atom is 0.243 e. The Morgan fingerprint density at radius 1 is 1.28 bits per heavy atom. The van der Waals surface area contributed by atoms with Crippen molar-refractivity contribution in [2.75, 3.05) is 20.2 Å². The number of likely N-dealkylation sites (tertiary alicyclic amines) is 1. The predicted molar refractivity (Wildman–Crippen MR) is 94.8 cm³/mol. The van der Waals surface area contributed by atoms with E-state index in [0.717, 1.165) is 11.3 Å². The Morgan fingerprint density at radius 3 is 2.60 bits per heavy atom. The lowest BCUT2D eigenvalue weighted by molar-refractivity contribution is -0.139. The number of ether oxygens (including phenoxy) is 1. The Morgan fingerprint density at radius 2 is 2.00 bits per heavy atom. The molecule has 0 radical (unpaired) electrons. The molecule has 0 saturated carbocycles. The molecule has 134 valence electrons.